The molecule has 78 valence electrons. The molecule has 2 rings (SSSR count). The number of aliphatic hydroxyl groups excluding tert-OH is 1. The normalized spacial score (nSPS) is 18.1. The highest BCUT2D eigenvalue weighted by molar-refractivity contribution is 6.30. The first-order chi connectivity index (χ1) is 6.27. The molecule has 1 aliphatic heterocycles. The van der Waals surface area contributed by atoms with Crippen LogP contribution in [-0.2, 0) is 0 Å². The molecule has 1 aromatic rings. The summed E-state index contributed by atoms with van der Waals surface area (Å²) in [5.41, 5.74) is 0.955. The van der Waals surface area contributed by atoms with Crippen LogP contribution in [0.15, 0.2) is 24.3 Å². The quantitative estimate of drug-likeness (QED) is 0.820. The summed E-state index contributed by atoms with van der Waals surface area (Å²) in [7, 11) is 0. The van der Waals surface area contributed by atoms with Crippen molar-refractivity contribution in [2.45, 2.75) is 6.10 Å². The Bertz CT molecular complexity index is 285. The Morgan fingerprint density at radius 1 is 1.29 bits per heavy atom. The molecule has 0 bridgehead atoms. The molecule has 2 N–H and O–H groups in total. The van der Waals surface area contributed by atoms with Crippen molar-refractivity contribution in [1.82, 2.24) is 5.32 Å². The fourth-order valence-electron chi connectivity index (χ4n) is 1.47. The van der Waals surface area contributed by atoms with Crippen LogP contribution in [0.2, 0.25) is 5.02 Å². The van der Waals surface area contributed by atoms with Crippen molar-refractivity contribution >= 4 is 24.0 Å². The summed E-state index contributed by atoms with van der Waals surface area (Å²) >= 11 is 5.75. The van der Waals surface area contributed by atoms with Crippen molar-refractivity contribution < 1.29 is 5.11 Å². The zero-order chi connectivity index (χ0) is 9.26. The number of benzene rings is 1. The molecule has 0 spiro atoms. The van der Waals surface area contributed by atoms with Gasteiger partial charge in [0.1, 0.15) is 0 Å². The van der Waals surface area contributed by atoms with E-state index in [-0.39, 0.29) is 18.5 Å². The Morgan fingerprint density at radius 3 is 2.29 bits per heavy atom. The van der Waals surface area contributed by atoms with Gasteiger partial charge in [-0.25, -0.2) is 0 Å². The highest BCUT2D eigenvalue weighted by Crippen LogP contribution is 2.25. The Hall–Kier alpha value is -0.280. The third-order valence-electron chi connectivity index (χ3n) is 2.47. The molecule has 1 fully saturated rings. The Labute approximate surface area is 94.7 Å². The maximum Gasteiger partial charge on any atom is 0.0842 e. The minimum absolute atomic E-state index is 0. The van der Waals surface area contributed by atoms with E-state index in [1.54, 1.807) is 0 Å². The first-order valence-electron chi connectivity index (χ1n) is 4.41. The number of hydrogen-bond donors (Lipinski definition) is 2. The summed E-state index contributed by atoms with van der Waals surface area (Å²) in [4.78, 5) is 0. The van der Waals surface area contributed by atoms with Crippen LogP contribution >= 0.6 is 24.0 Å². The van der Waals surface area contributed by atoms with Crippen LogP contribution in [0.3, 0.4) is 0 Å². The van der Waals surface area contributed by atoms with Crippen LogP contribution in [0.4, 0.5) is 0 Å². The lowest BCUT2D eigenvalue weighted by atomic mass is 9.91. The third kappa shape index (κ3) is 2.39. The van der Waals surface area contributed by atoms with Crippen LogP contribution < -0.4 is 5.32 Å². The largest absolute Gasteiger partial charge is 0.388 e. The summed E-state index contributed by atoms with van der Waals surface area (Å²) < 4.78 is 0. The molecule has 1 atom stereocenters. The molecular formula is C10H13Cl2NO. The third-order valence-corrected chi connectivity index (χ3v) is 2.72. The molecule has 1 heterocycles. The van der Waals surface area contributed by atoms with Gasteiger partial charge in [0.2, 0.25) is 0 Å². The molecule has 1 aromatic carbocycles. The monoisotopic (exact) mass is 233 g/mol. The van der Waals surface area contributed by atoms with Crippen LogP contribution in [0, 0.1) is 5.92 Å². The molecule has 0 saturated carbocycles. The standard InChI is InChI=1S/C10H12ClNO.ClH/c11-9-3-1-7(2-4-9)10(13)8-5-12-6-8;/h1-4,8,10,12-13H,5-6H2;1H. The summed E-state index contributed by atoms with van der Waals surface area (Å²) in [5.74, 6) is 0.362. The van der Waals surface area contributed by atoms with E-state index in [1.807, 2.05) is 24.3 Å². The molecule has 0 aliphatic carbocycles. The van der Waals surface area contributed by atoms with Gasteiger partial charge in [-0.05, 0) is 17.7 Å². The predicted octanol–water partition coefficient (Wildman–Crippen LogP) is 2.01. The molecule has 0 amide bonds. The fraction of sp³-hybridized carbons (Fsp3) is 0.400. The lowest BCUT2D eigenvalue weighted by Gasteiger charge is -2.31. The average Bonchev–Trinajstić information content (AvgIpc) is 2.02. The topological polar surface area (TPSA) is 32.3 Å². The molecular weight excluding hydrogens is 221 g/mol. The second kappa shape index (κ2) is 4.99. The van der Waals surface area contributed by atoms with E-state index in [4.69, 9.17) is 11.6 Å². The van der Waals surface area contributed by atoms with E-state index in [1.165, 1.54) is 0 Å². The zero-order valence-corrected chi connectivity index (χ0v) is 9.18. The summed E-state index contributed by atoms with van der Waals surface area (Å²) in [6.07, 6.45) is -0.349. The molecule has 14 heavy (non-hydrogen) atoms. The van der Waals surface area contributed by atoms with E-state index in [0.29, 0.717) is 10.9 Å². The van der Waals surface area contributed by atoms with E-state index < -0.39 is 0 Å². The number of rotatable bonds is 2. The zero-order valence-electron chi connectivity index (χ0n) is 7.61. The highest BCUT2D eigenvalue weighted by Gasteiger charge is 2.26. The summed E-state index contributed by atoms with van der Waals surface area (Å²) in [6, 6.07) is 7.38. The predicted molar refractivity (Wildman–Crippen MR) is 60.0 cm³/mol. The second-order valence-corrected chi connectivity index (χ2v) is 3.85. The van der Waals surface area contributed by atoms with Crippen molar-refractivity contribution in [2.24, 2.45) is 5.92 Å². The van der Waals surface area contributed by atoms with Gasteiger partial charge < -0.3 is 10.4 Å². The van der Waals surface area contributed by atoms with E-state index in [9.17, 15) is 5.11 Å². The van der Waals surface area contributed by atoms with Crippen LogP contribution in [0.5, 0.6) is 0 Å². The van der Waals surface area contributed by atoms with Gasteiger partial charge in [0.15, 0.2) is 0 Å². The molecule has 1 aliphatic rings. The van der Waals surface area contributed by atoms with Gasteiger partial charge in [-0.3, -0.25) is 0 Å². The Morgan fingerprint density at radius 2 is 1.86 bits per heavy atom. The highest BCUT2D eigenvalue weighted by atomic mass is 35.5. The molecule has 0 radical (unpaired) electrons. The Balaban J connectivity index is 0.000000980. The van der Waals surface area contributed by atoms with Gasteiger partial charge in [-0.15, -0.1) is 12.4 Å². The van der Waals surface area contributed by atoms with Crippen LogP contribution in [0.25, 0.3) is 0 Å². The second-order valence-electron chi connectivity index (χ2n) is 3.41. The lowest BCUT2D eigenvalue weighted by molar-refractivity contribution is 0.0767. The maximum absolute atomic E-state index is 9.85. The van der Waals surface area contributed by atoms with E-state index in [0.717, 1.165) is 18.7 Å². The molecule has 1 unspecified atom stereocenters. The first-order valence-corrected chi connectivity index (χ1v) is 4.79. The average molecular weight is 234 g/mol. The molecule has 4 heteroatoms. The van der Waals surface area contributed by atoms with Crippen molar-refractivity contribution in [3.8, 4) is 0 Å². The molecule has 1 saturated heterocycles. The fourth-order valence-corrected chi connectivity index (χ4v) is 1.59. The summed E-state index contributed by atoms with van der Waals surface area (Å²) in [6.45, 7) is 1.81. The lowest BCUT2D eigenvalue weighted by Crippen LogP contribution is -2.45. The number of nitrogens with one attached hydrogen (secondary N) is 1. The van der Waals surface area contributed by atoms with Gasteiger partial charge in [-0.2, -0.15) is 0 Å². The van der Waals surface area contributed by atoms with Crippen molar-refractivity contribution in [1.29, 1.82) is 0 Å². The smallest absolute Gasteiger partial charge is 0.0842 e. The van der Waals surface area contributed by atoms with Crippen molar-refractivity contribution in [3.63, 3.8) is 0 Å². The first kappa shape index (κ1) is 11.8. The van der Waals surface area contributed by atoms with Gasteiger partial charge in [-0.1, -0.05) is 23.7 Å². The van der Waals surface area contributed by atoms with E-state index in [2.05, 4.69) is 5.32 Å². The van der Waals surface area contributed by atoms with Crippen molar-refractivity contribution in [2.75, 3.05) is 13.1 Å². The molecule has 2 nitrogen and oxygen atoms in total. The van der Waals surface area contributed by atoms with Crippen molar-refractivity contribution in [3.05, 3.63) is 34.9 Å². The number of hydrogen-bond acceptors (Lipinski definition) is 2. The molecule has 0 aromatic heterocycles. The number of aliphatic hydroxyl groups is 1. The minimum Gasteiger partial charge on any atom is -0.388 e. The van der Waals surface area contributed by atoms with Gasteiger partial charge >= 0.3 is 0 Å². The van der Waals surface area contributed by atoms with Crippen LogP contribution in [-0.4, -0.2) is 18.2 Å². The van der Waals surface area contributed by atoms with Gasteiger partial charge in [0.25, 0.3) is 0 Å². The van der Waals surface area contributed by atoms with Crippen LogP contribution in [0.1, 0.15) is 11.7 Å². The summed E-state index contributed by atoms with van der Waals surface area (Å²) in [5, 5.41) is 13.7. The SMILES string of the molecule is Cl.OC(c1ccc(Cl)cc1)C1CNC1. The van der Waals surface area contributed by atoms with Gasteiger partial charge in [0, 0.05) is 24.0 Å². The maximum atomic E-state index is 9.85. The van der Waals surface area contributed by atoms with Gasteiger partial charge in [0.05, 0.1) is 6.10 Å². The van der Waals surface area contributed by atoms with E-state index >= 15 is 0 Å². The minimum atomic E-state index is -0.349. The Kier molecular flexibility index (Phi) is 4.20. The number of halogens is 2.